The summed E-state index contributed by atoms with van der Waals surface area (Å²) in [5, 5.41) is 8.98. The lowest BCUT2D eigenvalue weighted by Gasteiger charge is -2.11. The summed E-state index contributed by atoms with van der Waals surface area (Å²) >= 11 is 6.08. The van der Waals surface area contributed by atoms with Gasteiger partial charge in [0.15, 0.2) is 0 Å². The second kappa shape index (κ2) is 6.27. The molecule has 0 saturated carbocycles. The third-order valence-corrected chi connectivity index (χ3v) is 3.08. The zero-order chi connectivity index (χ0) is 16.3. The molecule has 2 aromatic rings. The second-order valence-electron chi connectivity index (χ2n) is 4.46. The van der Waals surface area contributed by atoms with Crippen LogP contribution < -0.4 is 4.74 Å². The van der Waals surface area contributed by atoms with Gasteiger partial charge in [0.2, 0.25) is 0 Å². The molecule has 1 N–H and O–H groups in total. The zero-order valence-electron chi connectivity index (χ0n) is 11.0. The average Bonchev–Trinajstić information content (AvgIpc) is 2.36. The maximum Gasteiger partial charge on any atom is 0.573 e. The van der Waals surface area contributed by atoms with Crippen LogP contribution in [0.3, 0.4) is 0 Å². The van der Waals surface area contributed by atoms with Crippen LogP contribution in [-0.4, -0.2) is 17.4 Å². The van der Waals surface area contributed by atoms with Crippen molar-refractivity contribution in [2.45, 2.75) is 12.8 Å². The van der Waals surface area contributed by atoms with Crippen LogP contribution in [0.5, 0.6) is 5.75 Å². The van der Waals surface area contributed by atoms with Crippen LogP contribution in [0.25, 0.3) is 11.1 Å². The Hall–Kier alpha value is -2.21. The Morgan fingerprint density at radius 1 is 1.18 bits per heavy atom. The van der Waals surface area contributed by atoms with Crippen LogP contribution >= 0.6 is 11.6 Å². The van der Waals surface area contributed by atoms with Crippen LogP contribution in [0.15, 0.2) is 42.5 Å². The van der Waals surface area contributed by atoms with Gasteiger partial charge in [0.25, 0.3) is 0 Å². The van der Waals surface area contributed by atoms with Gasteiger partial charge in [0, 0.05) is 10.6 Å². The van der Waals surface area contributed by atoms with E-state index < -0.39 is 12.3 Å². The fourth-order valence-corrected chi connectivity index (χ4v) is 2.25. The quantitative estimate of drug-likeness (QED) is 0.895. The standard InChI is InChI=1S/C15H10ClF3O3/c16-13-6-9(7-14(20)21)4-5-12(13)10-2-1-3-11(8-10)22-15(17,18)19/h1-6,8H,7H2,(H,20,21). The maximum absolute atomic E-state index is 12.2. The largest absolute Gasteiger partial charge is 0.573 e. The normalized spacial score (nSPS) is 11.3. The van der Waals surface area contributed by atoms with Crippen LogP contribution in [0.2, 0.25) is 5.02 Å². The minimum atomic E-state index is -4.77. The van der Waals surface area contributed by atoms with Crippen molar-refractivity contribution in [1.82, 2.24) is 0 Å². The molecule has 0 aliphatic carbocycles. The Labute approximate surface area is 128 Å². The van der Waals surface area contributed by atoms with Gasteiger partial charge in [-0.25, -0.2) is 0 Å². The van der Waals surface area contributed by atoms with E-state index in [0.717, 1.165) is 0 Å². The van der Waals surface area contributed by atoms with Gasteiger partial charge in [-0.05, 0) is 29.3 Å². The van der Waals surface area contributed by atoms with E-state index in [-0.39, 0.29) is 17.2 Å². The fourth-order valence-electron chi connectivity index (χ4n) is 1.94. The first kappa shape index (κ1) is 16.2. The van der Waals surface area contributed by atoms with Crippen LogP contribution in [0.1, 0.15) is 5.56 Å². The first-order chi connectivity index (χ1) is 10.2. The summed E-state index contributed by atoms with van der Waals surface area (Å²) in [5.74, 6) is -1.35. The Morgan fingerprint density at radius 3 is 2.50 bits per heavy atom. The third-order valence-electron chi connectivity index (χ3n) is 2.77. The van der Waals surface area contributed by atoms with E-state index in [1.807, 2.05) is 0 Å². The molecule has 7 heteroatoms. The first-order valence-corrected chi connectivity index (χ1v) is 6.49. The lowest BCUT2D eigenvalue weighted by Crippen LogP contribution is -2.17. The lowest BCUT2D eigenvalue weighted by atomic mass is 10.0. The summed E-state index contributed by atoms with van der Waals surface area (Å²) in [5.41, 5.74) is 1.43. The molecule has 0 aliphatic heterocycles. The number of carboxylic acids is 1. The molecule has 0 aliphatic rings. The molecule has 0 fully saturated rings. The minimum absolute atomic E-state index is 0.183. The van der Waals surface area contributed by atoms with E-state index in [9.17, 15) is 18.0 Å². The highest BCUT2D eigenvalue weighted by molar-refractivity contribution is 6.33. The highest BCUT2D eigenvalue weighted by Gasteiger charge is 2.31. The van der Waals surface area contributed by atoms with E-state index in [4.69, 9.17) is 16.7 Å². The summed E-state index contributed by atoms with van der Waals surface area (Å²) in [6.07, 6.45) is -4.95. The van der Waals surface area contributed by atoms with Gasteiger partial charge in [-0.1, -0.05) is 35.9 Å². The van der Waals surface area contributed by atoms with Gasteiger partial charge in [0.05, 0.1) is 6.42 Å². The maximum atomic E-state index is 12.2. The summed E-state index contributed by atoms with van der Waals surface area (Å²) in [7, 11) is 0. The van der Waals surface area contributed by atoms with E-state index in [1.165, 1.54) is 24.3 Å². The van der Waals surface area contributed by atoms with Crippen molar-refractivity contribution in [3.8, 4) is 16.9 Å². The summed E-state index contributed by atoms with van der Waals surface area (Å²) < 4.78 is 40.5. The number of ether oxygens (including phenoxy) is 1. The number of hydrogen-bond donors (Lipinski definition) is 1. The molecule has 2 rings (SSSR count). The third kappa shape index (κ3) is 4.39. The number of carboxylic acid groups (broad SMARTS) is 1. The van der Waals surface area contributed by atoms with Crippen molar-refractivity contribution in [2.75, 3.05) is 0 Å². The predicted molar refractivity (Wildman–Crippen MR) is 74.9 cm³/mol. The van der Waals surface area contributed by atoms with E-state index in [0.29, 0.717) is 16.7 Å². The number of aliphatic carboxylic acids is 1. The van der Waals surface area contributed by atoms with Crippen molar-refractivity contribution in [2.24, 2.45) is 0 Å². The molecular formula is C15H10ClF3O3. The molecule has 2 aromatic carbocycles. The van der Waals surface area contributed by atoms with Gasteiger partial charge >= 0.3 is 12.3 Å². The topological polar surface area (TPSA) is 46.5 Å². The first-order valence-electron chi connectivity index (χ1n) is 6.11. The van der Waals surface area contributed by atoms with E-state index in [2.05, 4.69) is 4.74 Å². The molecule has 0 unspecified atom stereocenters. The smallest absolute Gasteiger partial charge is 0.481 e. The number of carbonyl (C=O) groups is 1. The number of halogens is 4. The molecule has 0 aromatic heterocycles. The summed E-state index contributed by atoms with van der Waals surface area (Å²) in [4.78, 5) is 10.6. The van der Waals surface area contributed by atoms with E-state index >= 15 is 0 Å². The second-order valence-corrected chi connectivity index (χ2v) is 4.87. The van der Waals surface area contributed by atoms with E-state index in [1.54, 1.807) is 18.2 Å². The number of rotatable bonds is 4. The van der Waals surface area contributed by atoms with Crippen LogP contribution in [0.4, 0.5) is 13.2 Å². The highest BCUT2D eigenvalue weighted by Crippen LogP contribution is 2.32. The van der Waals surface area contributed by atoms with Crippen molar-refractivity contribution in [3.63, 3.8) is 0 Å². The summed E-state index contributed by atoms with van der Waals surface area (Å²) in [6.45, 7) is 0. The lowest BCUT2D eigenvalue weighted by molar-refractivity contribution is -0.274. The van der Waals surface area contributed by atoms with Crippen molar-refractivity contribution in [3.05, 3.63) is 53.1 Å². The van der Waals surface area contributed by atoms with Gasteiger partial charge in [-0.15, -0.1) is 13.2 Å². The Morgan fingerprint density at radius 2 is 1.91 bits per heavy atom. The Kier molecular flexibility index (Phi) is 4.61. The monoisotopic (exact) mass is 330 g/mol. The minimum Gasteiger partial charge on any atom is -0.481 e. The highest BCUT2D eigenvalue weighted by atomic mass is 35.5. The number of benzene rings is 2. The molecule has 3 nitrogen and oxygen atoms in total. The van der Waals surface area contributed by atoms with Gasteiger partial charge in [-0.2, -0.15) is 0 Å². The van der Waals surface area contributed by atoms with Gasteiger partial charge in [0.1, 0.15) is 5.75 Å². The predicted octanol–water partition coefficient (Wildman–Crippen LogP) is 4.53. The SMILES string of the molecule is O=C(O)Cc1ccc(-c2cccc(OC(F)(F)F)c2)c(Cl)c1. The molecule has 0 spiro atoms. The molecule has 22 heavy (non-hydrogen) atoms. The molecule has 0 saturated heterocycles. The molecule has 0 amide bonds. The van der Waals surface area contributed by atoms with Gasteiger partial charge in [-0.3, -0.25) is 4.79 Å². The van der Waals surface area contributed by atoms with Crippen molar-refractivity contribution in [1.29, 1.82) is 0 Å². The Balaban J connectivity index is 2.32. The molecule has 0 atom stereocenters. The van der Waals surface area contributed by atoms with Gasteiger partial charge < -0.3 is 9.84 Å². The van der Waals surface area contributed by atoms with Crippen LogP contribution in [-0.2, 0) is 11.2 Å². The molecular weight excluding hydrogens is 321 g/mol. The fraction of sp³-hybridized carbons (Fsp3) is 0.133. The zero-order valence-corrected chi connectivity index (χ0v) is 11.8. The van der Waals surface area contributed by atoms with Crippen molar-refractivity contribution < 1.29 is 27.8 Å². The molecule has 116 valence electrons. The number of alkyl halides is 3. The number of hydrogen-bond acceptors (Lipinski definition) is 2. The van der Waals surface area contributed by atoms with Crippen LogP contribution in [0, 0.1) is 0 Å². The molecule has 0 radical (unpaired) electrons. The Bertz CT molecular complexity index is 699. The average molecular weight is 331 g/mol. The summed E-state index contributed by atoms with van der Waals surface area (Å²) in [6, 6.07) is 10.00. The molecule has 0 bridgehead atoms. The molecule has 0 heterocycles. The van der Waals surface area contributed by atoms with Crippen molar-refractivity contribution >= 4 is 17.6 Å².